The van der Waals surface area contributed by atoms with E-state index in [1.165, 1.54) is 6.08 Å². The molecule has 0 radical (unpaired) electrons. The molecule has 0 aliphatic heterocycles. The summed E-state index contributed by atoms with van der Waals surface area (Å²) in [5.74, 6) is -0.0734. The van der Waals surface area contributed by atoms with Gasteiger partial charge in [0.25, 0.3) is 0 Å². The van der Waals surface area contributed by atoms with Crippen molar-refractivity contribution in [1.29, 1.82) is 0 Å². The number of hydrogen-bond donors (Lipinski definition) is 1. The van der Waals surface area contributed by atoms with Crippen molar-refractivity contribution in [3.05, 3.63) is 36.2 Å². The molecule has 1 heterocycles. The summed E-state index contributed by atoms with van der Waals surface area (Å²) >= 11 is 0. The summed E-state index contributed by atoms with van der Waals surface area (Å²) in [4.78, 5) is 15.5. The Morgan fingerprint density at radius 1 is 1.56 bits per heavy atom. The van der Waals surface area contributed by atoms with Crippen LogP contribution in [0.5, 0.6) is 0 Å². The van der Waals surface area contributed by atoms with E-state index in [9.17, 15) is 4.79 Å². The first-order valence-electron chi connectivity index (χ1n) is 5.44. The Balaban J connectivity index is 2.56. The molecule has 0 fully saturated rings. The van der Waals surface area contributed by atoms with Gasteiger partial charge in [0, 0.05) is 24.0 Å². The fraction of sp³-hybridized carbons (Fsp3) is 0.385. The SMILES string of the molecule is CCC(C)(C)NC(=O)C=Cc1cccnc1. The fourth-order valence-electron chi connectivity index (χ4n) is 1.11. The molecular weight excluding hydrogens is 200 g/mol. The number of hydrogen-bond acceptors (Lipinski definition) is 2. The van der Waals surface area contributed by atoms with Gasteiger partial charge in [0.05, 0.1) is 0 Å². The normalized spacial score (nSPS) is 11.7. The Kier molecular flexibility index (Phi) is 4.23. The van der Waals surface area contributed by atoms with Gasteiger partial charge in [-0.25, -0.2) is 0 Å². The van der Waals surface area contributed by atoms with E-state index in [0.29, 0.717) is 0 Å². The molecule has 1 amide bonds. The number of carbonyl (C=O) groups is 1. The first-order chi connectivity index (χ1) is 7.53. The van der Waals surface area contributed by atoms with E-state index in [1.807, 2.05) is 32.9 Å². The minimum absolute atomic E-state index is 0.0734. The first-order valence-corrected chi connectivity index (χ1v) is 5.44. The molecule has 0 atom stereocenters. The summed E-state index contributed by atoms with van der Waals surface area (Å²) in [5, 5.41) is 2.93. The molecule has 1 aromatic rings. The lowest BCUT2D eigenvalue weighted by molar-refractivity contribution is -0.117. The molecule has 0 aromatic carbocycles. The molecule has 16 heavy (non-hydrogen) atoms. The minimum Gasteiger partial charge on any atom is -0.348 e. The van der Waals surface area contributed by atoms with Crippen LogP contribution in [-0.2, 0) is 4.79 Å². The number of aromatic nitrogens is 1. The largest absolute Gasteiger partial charge is 0.348 e. The zero-order valence-electron chi connectivity index (χ0n) is 10.0. The summed E-state index contributed by atoms with van der Waals surface area (Å²) in [5.41, 5.74) is 0.767. The third kappa shape index (κ3) is 4.26. The Labute approximate surface area is 96.6 Å². The molecule has 1 N–H and O–H groups in total. The van der Waals surface area contributed by atoms with Crippen molar-refractivity contribution in [3.8, 4) is 0 Å². The van der Waals surface area contributed by atoms with Crippen LogP contribution in [0.4, 0.5) is 0 Å². The summed E-state index contributed by atoms with van der Waals surface area (Å²) < 4.78 is 0. The standard InChI is InChI=1S/C13H18N2O/c1-4-13(2,3)15-12(16)8-7-11-6-5-9-14-10-11/h5-10H,4H2,1-3H3,(H,15,16). The topological polar surface area (TPSA) is 42.0 Å². The van der Waals surface area contributed by atoms with Crippen molar-refractivity contribution in [2.75, 3.05) is 0 Å². The summed E-state index contributed by atoms with van der Waals surface area (Å²) in [7, 11) is 0. The lowest BCUT2D eigenvalue weighted by Gasteiger charge is -2.23. The third-order valence-corrected chi connectivity index (χ3v) is 2.46. The van der Waals surface area contributed by atoms with E-state index in [0.717, 1.165) is 12.0 Å². The Bertz CT molecular complexity index is 369. The quantitative estimate of drug-likeness (QED) is 0.788. The van der Waals surface area contributed by atoms with E-state index < -0.39 is 0 Å². The molecule has 1 aromatic heterocycles. The van der Waals surface area contributed by atoms with Crippen LogP contribution in [0, 0.1) is 0 Å². The molecule has 0 bridgehead atoms. The lowest BCUT2D eigenvalue weighted by atomic mass is 10.0. The molecule has 0 saturated heterocycles. The van der Waals surface area contributed by atoms with Crippen LogP contribution in [0.25, 0.3) is 6.08 Å². The average Bonchev–Trinajstić information content (AvgIpc) is 2.27. The van der Waals surface area contributed by atoms with Gasteiger partial charge in [-0.1, -0.05) is 13.0 Å². The Morgan fingerprint density at radius 2 is 2.31 bits per heavy atom. The van der Waals surface area contributed by atoms with Crippen molar-refractivity contribution in [3.63, 3.8) is 0 Å². The molecule has 0 saturated carbocycles. The van der Waals surface area contributed by atoms with E-state index in [1.54, 1.807) is 18.5 Å². The van der Waals surface area contributed by atoms with Gasteiger partial charge in [0.1, 0.15) is 0 Å². The van der Waals surface area contributed by atoms with Crippen LogP contribution in [-0.4, -0.2) is 16.4 Å². The maximum Gasteiger partial charge on any atom is 0.244 e. The molecule has 0 unspecified atom stereocenters. The molecule has 3 heteroatoms. The average molecular weight is 218 g/mol. The predicted octanol–water partition coefficient (Wildman–Crippen LogP) is 2.40. The van der Waals surface area contributed by atoms with Gasteiger partial charge >= 0.3 is 0 Å². The second kappa shape index (κ2) is 5.45. The number of pyridine rings is 1. The van der Waals surface area contributed by atoms with Crippen LogP contribution >= 0.6 is 0 Å². The van der Waals surface area contributed by atoms with Crippen LogP contribution in [0.1, 0.15) is 32.8 Å². The number of amides is 1. The summed E-state index contributed by atoms with van der Waals surface area (Å²) in [6.45, 7) is 6.05. The van der Waals surface area contributed by atoms with Gasteiger partial charge in [0.2, 0.25) is 5.91 Å². The Morgan fingerprint density at radius 3 is 2.88 bits per heavy atom. The maximum absolute atomic E-state index is 11.6. The first kappa shape index (κ1) is 12.4. The summed E-state index contributed by atoms with van der Waals surface area (Å²) in [6, 6.07) is 3.75. The van der Waals surface area contributed by atoms with Crippen molar-refractivity contribution < 1.29 is 4.79 Å². The van der Waals surface area contributed by atoms with E-state index in [-0.39, 0.29) is 11.4 Å². The van der Waals surface area contributed by atoms with Crippen molar-refractivity contribution in [1.82, 2.24) is 10.3 Å². The molecule has 0 aliphatic carbocycles. The second-order valence-electron chi connectivity index (χ2n) is 4.35. The molecular formula is C13H18N2O. The fourth-order valence-corrected chi connectivity index (χ4v) is 1.11. The third-order valence-electron chi connectivity index (χ3n) is 2.46. The van der Waals surface area contributed by atoms with Crippen LogP contribution in [0.2, 0.25) is 0 Å². The minimum atomic E-state index is -0.156. The second-order valence-corrected chi connectivity index (χ2v) is 4.35. The molecule has 0 aliphatic rings. The summed E-state index contributed by atoms with van der Waals surface area (Å²) in [6.07, 6.45) is 7.62. The lowest BCUT2D eigenvalue weighted by Crippen LogP contribution is -2.41. The van der Waals surface area contributed by atoms with Gasteiger partial charge < -0.3 is 5.32 Å². The smallest absolute Gasteiger partial charge is 0.244 e. The van der Waals surface area contributed by atoms with Gasteiger partial charge in [-0.3, -0.25) is 9.78 Å². The zero-order valence-corrected chi connectivity index (χ0v) is 10.0. The van der Waals surface area contributed by atoms with Gasteiger partial charge in [-0.2, -0.15) is 0 Å². The van der Waals surface area contributed by atoms with Crippen molar-refractivity contribution >= 4 is 12.0 Å². The van der Waals surface area contributed by atoms with Crippen LogP contribution in [0.15, 0.2) is 30.6 Å². The molecule has 0 spiro atoms. The van der Waals surface area contributed by atoms with Crippen LogP contribution in [0.3, 0.4) is 0 Å². The highest BCUT2D eigenvalue weighted by molar-refractivity contribution is 5.92. The number of carbonyl (C=O) groups excluding carboxylic acids is 1. The van der Waals surface area contributed by atoms with Gasteiger partial charge in [0.15, 0.2) is 0 Å². The predicted molar refractivity (Wildman–Crippen MR) is 65.8 cm³/mol. The van der Waals surface area contributed by atoms with Crippen molar-refractivity contribution in [2.24, 2.45) is 0 Å². The van der Waals surface area contributed by atoms with E-state index >= 15 is 0 Å². The molecule has 86 valence electrons. The van der Waals surface area contributed by atoms with E-state index in [2.05, 4.69) is 10.3 Å². The number of nitrogens with one attached hydrogen (secondary N) is 1. The number of rotatable bonds is 4. The highest BCUT2D eigenvalue weighted by atomic mass is 16.1. The highest BCUT2D eigenvalue weighted by Gasteiger charge is 2.15. The van der Waals surface area contributed by atoms with Gasteiger partial charge in [-0.15, -0.1) is 0 Å². The van der Waals surface area contributed by atoms with Crippen molar-refractivity contribution in [2.45, 2.75) is 32.7 Å². The maximum atomic E-state index is 11.6. The van der Waals surface area contributed by atoms with Crippen LogP contribution < -0.4 is 5.32 Å². The monoisotopic (exact) mass is 218 g/mol. The van der Waals surface area contributed by atoms with Gasteiger partial charge in [-0.05, 0) is 38.0 Å². The number of nitrogens with zero attached hydrogens (tertiary/aromatic N) is 1. The highest BCUT2D eigenvalue weighted by Crippen LogP contribution is 2.07. The molecule has 3 nitrogen and oxygen atoms in total. The molecule has 1 rings (SSSR count). The Hall–Kier alpha value is -1.64. The zero-order chi connectivity index (χ0) is 12.0. The van der Waals surface area contributed by atoms with E-state index in [4.69, 9.17) is 0 Å².